The molecule has 0 aromatic rings. The van der Waals surface area contributed by atoms with Crippen molar-refractivity contribution in [1.29, 1.82) is 0 Å². The fourth-order valence-corrected chi connectivity index (χ4v) is 3.57. The maximum absolute atomic E-state index is 5.49. The summed E-state index contributed by atoms with van der Waals surface area (Å²) in [5.74, 6) is 1.28. The number of rotatable bonds is 3. The molecule has 17 heavy (non-hydrogen) atoms. The monoisotopic (exact) mass is 258 g/mol. The van der Waals surface area contributed by atoms with Crippen molar-refractivity contribution in [3.8, 4) is 0 Å². The second-order valence-corrected chi connectivity index (χ2v) is 7.52. The zero-order valence-corrected chi connectivity index (χ0v) is 12.0. The Hall–Kier alpha value is 0.230. The number of hydrogen-bond acceptors (Lipinski definition) is 4. The lowest BCUT2D eigenvalue weighted by Gasteiger charge is -2.27. The Morgan fingerprint density at radius 3 is 3.06 bits per heavy atom. The molecule has 3 nitrogen and oxygen atoms in total. The number of nitrogens with one attached hydrogen (secondary N) is 1. The summed E-state index contributed by atoms with van der Waals surface area (Å²) in [4.78, 5) is 2.62. The van der Waals surface area contributed by atoms with Crippen molar-refractivity contribution in [3.05, 3.63) is 0 Å². The molecule has 0 spiro atoms. The smallest absolute Gasteiger partial charge is 0.0620 e. The SMILES string of the molecule is CC1(C)CCN(CCC2COCCN2)CCS1. The number of nitrogens with zero attached hydrogens (tertiary/aromatic N) is 1. The first kappa shape index (κ1) is 13.7. The maximum atomic E-state index is 5.49. The third kappa shape index (κ3) is 4.78. The first-order valence-corrected chi connectivity index (χ1v) is 7.82. The van der Waals surface area contributed by atoms with Crippen molar-refractivity contribution in [2.45, 2.75) is 37.5 Å². The van der Waals surface area contributed by atoms with Crippen LogP contribution in [0, 0.1) is 0 Å². The van der Waals surface area contributed by atoms with Crippen LogP contribution in [0.3, 0.4) is 0 Å². The van der Waals surface area contributed by atoms with Crippen LogP contribution in [-0.4, -0.2) is 60.8 Å². The molecule has 0 bridgehead atoms. The van der Waals surface area contributed by atoms with Crippen molar-refractivity contribution in [3.63, 3.8) is 0 Å². The van der Waals surface area contributed by atoms with Gasteiger partial charge in [-0.25, -0.2) is 0 Å². The van der Waals surface area contributed by atoms with Gasteiger partial charge in [-0.1, -0.05) is 13.8 Å². The molecule has 1 unspecified atom stereocenters. The largest absolute Gasteiger partial charge is 0.379 e. The topological polar surface area (TPSA) is 24.5 Å². The van der Waals surface area contributed by atoms with Gasteiger partial charge in [0.2, 0.25) is 0 Å². The number of ether oxygens (including phenoxy) is 1. The van der Waals surface area contributed by atoms with Crippen LogP contribution in [0.4, 0.5) is 0 Å². The summed E-state index contributed by atoms with van der Waals surface area (Å²) in [6.45, 7) is 11.3. The van der Waals surface area contributed by atoms with E-state index in [1.54, 1.807) is 0 Å². The Morgan fingerprint density at radius 2 is 2.29 bits per heavy atom. The summed E-state index contributed by atoms with van der Waals surface area (Å²) in [6.07, 6.45) is 2.54. The van der Waals surface area contributed by atoms with E-state index in [2.05, 4.69) is 35.8 Å². The second-order valence-electron chi connectivity index (χ2n) is 5.71. The minimum Gasteiger partial charge on any atom is -0.379 e. The van der Waals surface area contributed by atoms with E-state index in [1.807, 2.05) is 0 Å². The van der Waals surface area contributed by atoms with Crippen LogP contribution in [-0.2, 0) is 4.74 Å². The van der Waals surface area contributed by atoms with E-state index in [9.17, 15) is 0 Å². The van der Waals surface area contributed by atoms with E-state index < -0.39 is 0 Å². The average Bonchev–Trinajstić information content (AvgIpc) is 2.49. The molecule has 1 N–H and O–H groups in total. The minimum absolute atomic E-state index is 0.473. The summed E-state index contributed by atoms with van der Waals surface area (Å²) in [5, 5.41) is 3.53. The van der Waals surface area contributed by atoms with Gasteiger partial charge < -0.3 is 15.0 Å². The normalized spacial score (nSPS) is 31.1. The molecule has 0 aromatic carbocycles. The molecule has 0 radical (unpaired) electrons. The third-order valence-electron chi connectivity index (χ3n) is 3.72. The fraction of sp³-hybridized carbons (Fsp3) is 1.00. The van der Waals surface area contributed by atoms with Crippen molar-refractivity contribution < 1.29 is 4.74 Å². The van der Waals surface area contributed by atoms with E-state index in [0.717, 1.165) is 19.8 Å². The van der Waals surface area contributed by atoms with Crippen molar-refractivity contribution in [2.75, 3.05) is 45.1 Å². The summed E-state index contributed by atoms with van der Waals surface area (Å²) < 4.78 is 5.97. The molecule has 2 aliphatic heterocycles. The summed E-state index contributed by atoms with van der Waals surface area (Å²) in [6, 6.07) is 0.577. The van der Waals surface area contributed by atoms with Gasteiger partial charge >= 0.3 is 0 Å². The van der Waals surface area contributed by atoms with Gasteiger partial charge in [0.25, 0.3) is 0 Å². The average molecular weight is 258 g/mol. The van der Waals surface area contributed by atoms with Crippen LogP contribution in [0.25, 0.3) is 0 Å². The molecule has 0 aromatic heterocycles. The quantitative estimate of drug-likeness (QED) is 0.831. The molecule has 2 rings (SSSR count). The lowest BCUT2D eigenvalue weighted by atomic mass is 10.1. The molecule has 100 valence electrons. The summed E-state index contributed by atoms with van der Waals surface area (Å²) in [7, 11) is 0. The Bertz CT molecular complexity index is 229. The van der Waals surface area contributed by atoms with Crippen LogP contribution in [0.1, 0.15) is 26.7 Å². The Morgan fingerprint density at radius 1 is 1.41 bits per heavy atom. The Balaban J connectivity index is 1.68. The van der Waals surface area contributed by atoms with Gasteiger partial charge in [0, 0.05) is 29.6 Å². The molecule has 2 saturated heterocycles. The van der Waals surface area contributed by atoms with E-state index in [4.69, 9.17) is 4.74 Å². The standard InChI is InChI=1S/C13H26N2OS/c1-13(2)4-7-15(8-10-17-13)6-3-12-11-16-9-5-14-12/h12,14H,3-11H2,1-2H3. The van der Waals surface area contributed by atoms with Gasteiger partial charge in [-0.15, -0.1) is 0 Å². The van der Waals surface area contributed by atoms with Crippen LogP contribution in [0.15, 0.2) is 0 Å². The molecule has 0 saturated carbocycles. The molecular formula is C13H26N2OS. The summed E-state index contributed by atoms with van der Waals surface area (Å²) >= 11 is 2.12. The molecule has 2 fully saturated rings. The van der Waals surface area contributed by atoms with Gasteiger partial charge in [0.05, 0.1) is 13.2 Å². The molecule has 0 amide bonds. The molecule has 2 heterocycles. The van der Waals surface area contributed by atoms with Crippen molar-refractivity contribution in [2.24, 2.45) is 0 Å². The van der Waals surface area contributed by atoms with Gasteiger partial charge in [-0.3, -0.25) is 0 Å². The predicted molar refractivity (Wildman–Crippen MR) is 74.8 cm³/mol. The molecule has 1 atom stereocenters. The maximum Gasteiger partial charge on any atom is 0.0620 e. The van der Waals surface area contributed by atoms with Gasteiger partial charge in [-0.05, 0) is 25.9 Å². The zero-order valence-electron chi connectivity index (χ0n) is 11.2. The molecule has 4 heteroatoms. The lowest BCUT2D eigenvalue weighted by molar-refractivity contribution is 0.0702. The van der Waals surface area contributed by atoms with Crippen LogP contribution in [0.2, 0.25) is 0 Å². The Labute approximate surface area is 110 Å². The van der Waals surface area contributed by atoms with Crippen molar-refractivity contribution in [1.82, 2.24) is 10.2 Å². The van der Waals surface area contributed by atoms with Crippen molar-refractivity contribution >= 4 is 11.8 Å². The molecule has 2 aliphatic rings. The van der Waals surface area contributed by atoms with Crippen LogP contribution in [0.5, 0.6) is 0 Å². The highest BCUT2D eigenvalue weighted by Crippen LogP contribution is 2.30. The first-order valence-electron chi connectivity index (χ1n) is 6.83. The van der Waals surface area contributed by atoms with Gasteiger partial charge in [0.15, 0.2) is 0 Å². The third-order valence-corrected chi connectivity index (χ3v) is 5.09. The number of morpholine rings is 1. The summed E-state index contributed by atoms with van der Waals surface area (Å²) in [5.41, 5.74) is 0. The van der Waals surface area contributed by atoms with Gasteiger partial charge in [0.1, 0.15) is 0 Å². The lowest BCUT2D eigenvalue weighted by Crippen LogP contribution is -2.43. The van der Waals surface area contributed by atoms with Crippen LogP contribution < -0.4 is 5.32 Å². The fourth-order valence-electron chi connectivity index (χ4n) is 2.43. The van der Waals surface area contributed by atoms with Crippen LogP contribution >= 0.6 is 11.8 Å². The Kier molecular flexibility index (Phi) is 5.15. The van der Waals surface area contributed by atoms with Gasteiger partial charge in [-0.2, -0.15) is 11.8 Å². The highest BCUT2D eigenvalue weighted by molar-refractivity contribution is 8.00. The second kappa shape index (κ2) is 6.41. The molecule has 0 aliphatic carbocycles. The number of hydrogen-bond donors (Lipinski definition) is 1. The highest BCUT2D eigenvalue weighted by Gasteiger charge is 2.24. The predicted octanol–water partition coefficient (Wildman–Crippen LogP) is 1.58. The highest BCUT2D eigenvalue weighted by atomic mass is 32.2. The van der Waals surface area contributed by atoms with E-state index in [0.29, 0.717) is 10.8 Å². The van der Waals surface area contributed by atoms with E-state index in [-0.39, 0.29) is 0 Å². The minimum atomic E-state index is 0.473. The molecular weight excluding hydrogens is 232 g/mol. The van der Waals surface area contributed by atoms with E-state index >= 15 is 0 Å². The van der Waals surface area contributed by atoms with E-state index in [1.165, 1.54) is 38.2 Å². The number of thioether (sulfide) groups is 1. The zero-order chi connectivity index (χ0) is 12.1. The first-order chi connectivity index (χ1) is 8.16.